The molecule has 0 amide bonds. The Morgan fingerprint density at radius 3 is 1.88 bits per heavy atom. The van der Waals surface area contributed by atoms with E-state index in [-0.39, 0.29) is 12.0 Å². The molecule has 0 unspecified atom stereocenters. The molecule has 0 atom stereocenters. The molecule has 0 fully saturated rings. The molecule has 0 heterocycles. The fourth-order valence-corrected chi connectivity index (χ4v) is 2.40. The van der Waals surface area contributed by atoms with E-state index in [1.54, 1.807) is 48.5 Å². The van der Waals surface area contributed by atoms with E-state index in [4.69, 9.17) is 10.2 Å². The molecular formula is C21H26O4. The Morgan fingerprint density at radius 2 is 1.40 bits per heavy atom. The van der Waals surface area contributed by atoms with Crippen LogP contribution in [0.5, 0.6) is 0 Å². The summed E-state index contributed by atoms with van der Waals surface area (Å²) in [7, 11) is 0. The summed E-state index contributed by atoms with van der Waals surface area (Å²) in [6.07, 6.45) is 5.50. The molecule has 0 aliphatic rings. The molecular weight excluding hydrogens is 316 g/mol. The number of unbranched alkanes of at least 4 members (excludes halogenated alkanes) is 3. The summed E-state index contributed by atoms with van der Waals surface area (Å²) in [5.41, 5.74) is 2.29. The first-order chi connectivity index (χ1) is 12.0. The van der Waals surface area contributed by atoms with E-state index in [1.807, 2.05) is 0 Å². The van der Waals surface area contributed by atoms with Gasteiger partial charge in [-0.15, -0.1) is 0 Å². The zero-order valence-electron chi connectivity index (χ0n) is 14.9. The Balaban J connectivity index is 0.000000450. The first-order valence-corrected chi connectivity index (χ1v) is 8.63. The summed E-state index contributed by atoms with van der Waals surface area (Å²) in [6.45, 7) is 4.46. The topological polar surface area (TPSA) is 74.6 Å². The van der Waals surface area contributed by atoms with Crippen molar-refractivity contribution in [2.45, 2.75) is 46.0 Å². The molecule has 0 radical (unpaired) electrons. The van der Waals surface area contributed by atoms with Gasteiger partial charge >= 0.3 is 11.9 Å². The molecule has 0 aliphatic carbocycles. The monoisotopic (exact) mass is 342 g/mol. The average molecular weight is 342 g/mol. The molecule has 134 valence electrons. The number of aliphatic carboxylic acids is 1. The molecule has 4 heteroatoms. The Kier molecular flexibility index (Phi) is 9.01. The smallest absolute Gasteiger partial charge is 0.336 e. The number of hydrogen-bond acceptors (Lipinski definition) is 2. The van der Waals surface area contributed by atoms with Crippen molar-refractivity contribution in [3.05, 3.63) is 59.7 Å². The van der Waals surface area contributed by atoms with Gasteiger partial charge in [0.2, 0.25) is 0 Å². The average Bonchev–Trinajstić information content (AvgIpc) is 2.60. The van der Waals surface area contributed by atoms with Crippen molar-refractivity contribution in [2.75, 3.05) is 0 Å². The van der Waals surface area contributed by atoms with E-state index in [0.29, 0.717) is 11.1 Å². The quantitative estimate of drug-likeness (QED) is 0.673. The van der Waals surface area contributed by atoms with Gasteiger partial charge in [-0.2, -0.15) is 0 Å². The van der Waals surface area contributed by atoms with E-state index in [0.717, 1.165) is 5.56 Å². The number of hydrogen-bond donors (Lipinski definition) is 2. The van der Waals surface area contributed by atoms with Crippen molar-refractivity contribution in [2.24, 2.45) is 0 Å². The first-order valence-electron chi connectivity index (χ1n) is 8.63. The SMILES string of the molecule is CCCCCC.O=C(O)Cc1ccc(-c2ccccc2C(=O)O)cc1. The summed E-state index contributed by atoms with van der Waals surface area (Å²) in [5, 5.41) is 17.8. The highest BCUT2D eigenvalue weighted by molar-refractivity contribution is 5.96. The highest BCUT2D eigenvalue weighted by atomic mass is 16.4. The second kappa shape index (κ2) is 11.0. The van der Waals surface area contributed by atoms with Crippen LogP contribution in [-0.4, -0.2) is 22.2 Å². The lowest BCUT2D eigenvalue weighted by Crippen LogP contribution is -2.01. The Hall–Kier alpha value is -2.62. The predicted molar refractivity (Wildman–Crippen MR) is 100.0 cm³/mol. The molecule has 25 heavy (non-hydrogen) atoms. The molecule has 0 spiro atoms. The molecule has 0 saturated carbocycles. The van der Waals surface area contributed by atoms with Crippen molar-refractivity contribution in [3.8, 4) is 11.1 Å². The number of carboxylic acids is 2. The van der Waals surface area contributed by atoms with Crippen LogP contribution < -0.4 is 0 Å². The fraction of sp³-hybridized carbons (Fsp3) is 0.333. The number of benzene rings is 2. The summed E-state index contributed by atoms with van der Waals surface area (Å²) in [4.78, 5) is 21.7. The van der Waals surface area contributed by atoms with Gasteiger partial charge in [0.15, 0.2) is 0 Å². The van der Waals surface area contributed by atoms with Crippen LogP contribution in [0.3, 0.4) is 0 Å². The van der Waals surface area contributed by atoms with Gasteiger partial charge in [-0.05, 0) is 22.8 Å². The third-order valence-corrected chi connectivity index (χ3v) is 3.73. The van der Waals surface area contributed by atoms with Crippen molar-refractivity contribution < 1.29 is 19.8 Å². The van der Waals surface area contributed by atoms with Crippen LogP contribution in [0.25, 0.3) is 11.1 Å². The van der Waals surface area contributed by atoms with Crippen molar-refractivity contribution >= 4 is 11.9 Å². The highest BCUT2D eigenvalue weighted by Crippen LogP contribution is 2.24. The van der Waals surface area contributed by atoms with Crippen molar-refractivity contribution in [1.29, 1.82) is 0 Å². The zero-order chi connectivity index (χ0) is 18.7. The molecule has 2 N–H and O–H groups in total. The molecule has 2 aromatic rings. The number of carbonyl (C=O) groups is 2. The van der Waals surface area contributed by atoms with Gasteiger partial charge in [0.05, 0.1) is 12.0 Å². The lowest BCUT2D eigenvalue weighted by atomic mass is 9.98. The normalized spacial score (nSPS) is 9.84. The summed E-state index contributed by atoms with van der Waals surface area (Å²) in [5.74, 6) is -1.87. The van der Waals surface area contributed by atoms with E-state index in [9.17, 15) is 9.59 Å². The van der Waals surface area contributed by atoms with Crippen LogP contribution in [0.2, 0.25) is 0 Å². The summed E-state index contributed by atoms with van der Waals surface area (Å²) < 4.78 is 0. The van der Waals surface area contributed by atoms with Crippen LogP contribution in [0.15, 0.2) is 48.5 Å². The summed E-state index contributed by atoms with van der Waals surface area (Å²) in [6, 6.07) is 13.6. The second-order valence-electron chi connectivity index (χ2n) is 5.83. The molecule has 2 aromatic carbocycles. The molecule has 4 nitrogen and oxygen atoms in total. The van der Waals surface area contributed by atoms with Gasteiger partial charge in [-0.1, -0.05) is 82.0 Å². The van der Waals surface area contributed by atoms with E-state index in [2.05, 4.69) is 13.8 Å². The van der Waals surface area contributed by atoms with Gasteiger partial charge in [0.1, 0.15) is 0 Å². The standard InChI is InChI=1S/C15H12O4.C6H14/c16-14(17)9-10-5-7-11(8-6-10)12-3-1-2-4-13(12)15(18)19;1-3-5-6-4-2/h1-8H,9H2,(H,16,17)(H,18,19);3-6H2,1-2H3. The van der Waals surface area contributed by atoms with E-state index >= 15 is 0 Å². The van der Waals surface area contributed by atoms with E-state index in [1.165, 1.54) is 25.7 Å². The predicted octanol–water partition coefficient (Wildman–Crippen LogP) is 5.27. The van der Waals surface area contributed by atoms with Crippen LogP contribution in [-0.2, 0) is 11.2 Å². The van der Waals surface area contributed by atoms with Gasteiger partial charge in [-0.25, -0.2) is 4.79 Å². The minimum atomic E-state index is -0.981. The third kappa shape index (κ3) is 7.21. The Morgan fingerprint density at radius 1 is 0.840 bits per heavy atom. The lowest BCUT2D eigenvalue weighted by molar-refractivity contribution is -0.136. The van der Waals surface area contributed by atoms with Crippen molar-refractivity contribution in [1.82, 2.24) is 0 Å². The maximum atomic E-state index is 11.1. The maximum Gasteiger partial charge on any atom is 0.336 e. The Labute approximate surface area is 149 Å². The molecule has 0 saturated heterocycles. The van der Waals surface area contributed by atoms with Crippen LogP contribution in [0.4, 0.5) is 0 Å². The molecule has 0 aromatic heterocycles. The largest absolute Gasteiger partial charge is 0.481 e. The first kappa shape index (κ1) is 20.4. The number of aromatic carboxylic acids is 1. The number of carboxylic acid groups (broad SMARTS) is 2. The maximum absolute atomic E-state index is 11.1. The molecule has 0 bridgehead atoms. The Bertz CT molecular complexity index is 671. The van der Waals surface area contributed by atoms with Gasteiger partial charge in [-0.3, -0.25) is 4.79 Å². The van der Waals surface area contributed by atoms with Crippen LogP contribution in [0.1, 0.15) is 55.5 Å². The van der Waals surface area contributed by atoms with Crippen LogP contribution in [0, 0.1) is 0 Å². The van der Waals surface area contributed by atoms with Gasteiger partial charge < -0.3 is 10.2 Å². The lowest BCUT2D eigenvalue weighted by Gasteiger charge is -2.06. The highest BCUT2D eigenvalue weighted by Gasteiger charge is 2.10. The minimum absolute atomic E-state index is 0.0408. The zero-order valence-corrected chi connectivity index (χ0v) is 14.9. The fourth-order valence-electron chi connectivity index (χ4n) is 2.40. The third-order valence-electron chi connectivity index (χ3n) is 3.73. The van der Waals surface area contributed by atoms with Gasteiger partial charge in [0.25, 0.3) is 0 Å². The van der Waals surface area contributed by atoms with Crippen LogP contribution >= 0.6 is 0 Å². The second-order valence-corrected chi connectivity index (χ2v) is 5.83. The van der Waals surface area contributed by atoms with Gasteiger partial charge in [0, 0.05) is 0 Å². The summed E-state index contributed by atoms with van der Waals surface area (Å²) >= 11 is 0. The molecule has 0 aliphatic heterocycles. The van der Waals surface area contributed by atoms with Crippen molar-refractivity contribution in [3.63, 3.8) is 0 Å². The molecule has 2 rings (SSSR count). The number of rotatable bonds is 7. The van der Waals surface area contributed by atoms with E-state index < -0.39 is 11.9 Å². The minimum Gasteiger partial charge on any atom is -0.481 e.